The van der Waals surface area contributed by atoms with E-state index in [1.807, 2.05) is 18.3 Å². The number of hydrogen-bond donors (Lipinski definition) is 0. The molecule has 2 aromatic rings. The van der Waals surface area contributed by atoms with Crippen LogP contribution >= 0.6 is 0 Å². The summed E-state index contributed by atoms with van der Waals surface area (Å²) in [7, 11) is 1.65. The van der Waals surface area contributed by atoms with Crippen LogP contribution in [0, 0.1) is 0 Å². The molecule has 0 spiro atoms. The summed E-state index contributed by atoms with van der Waals surface area (Å²) in [5.74, 6) is 2.00. The third kappa shape index (κ3) is 1.98. The van der Waals surface area contributed by atoms with Gasteiger partial charge in [-0.05, 0) is 18.9 Å². The topological polar surface area (TPSA) is 48.7 Å². The van der Waals surface area contributed by atoms with Crippen molar-refractivity contribution in [2.45, 2.75) is 18.8 Å². The molecule has 1 saturated heterocycles. The normalized spacial score (nSPS) is 20.6. The molecule has 1 aliphatic heterocycles. The highest BCUT2D eigenvalue weighted by Gasteiger charge is 2.20. The lowest BCUT2D eigenvalue weighted by Gasteiger charge is -2.18. The van der Waals surface area contributed by atoms with E-state index in [1.54, 1.807) is 11.6 Å². The Morgan fingerprint density at radius 2 is 2.47 bits per heavy atom. The van der Waals surface area contributed by atoms with E-state index < -0.39 is 0 Å². The van der Waals surface area contributed by atoms with Crippen molar-refractivity contribution in [3.63, 3.8) is 0 Å². The van der Waals surface area contributed by atoms with Gasteiger partial charge in [-0.15, -0.1) is 0 Å². The first-order valence-electron chi connectivity index (χ1n) is 5.85. The van der Waals surface area contributed by atoms with E-state index in [-0.39, 0.29) is 0 Å². The van der Waals surface area contributed by atoms with Gasteiger partial charge in [0.15, 0.2) is 11.5 Å². The fraction of sp³-hybridized carbons (Fsp3) is 0.500. The summed E-state index contributed by atoms with van der Waals surface area (Å²) in [5.41, 5.74) is 0.824. The molecular formula is C12H15N3O2. The lowest BCUT2D eigenvalue weighted by atomic mass is 10.0. The maximum Gasteiger partial charge on any atom is 0.159 e. The smallest absolute Gasteiger partial charge is 0.159 e. The van der Waals surface area contributed by atoms with Crippen LogP contribution in [0.15, 0.2) is 18.3 Å². The number of pyridine rings is 1. The van der Waals surface area contributed by atoms with Crippen LogP contribution in [0.3, 0.4) is 0 Å². The lowest BCUT2D eigenvalue weighted by molar-refractivity contribution is 0.0781. The SMILES string of the molecule is COc1ccn2nc(C3CCCOC3)nc2c1. The van der Waals surface area contributed by atoms with Gasteiger partial charge in [0, 0.05) is 24.8 Å². The van der Waals surface area contributed by atoms with Crippen LogP contribution in [0.5, 0.6) is 5.75 Å². The molecular weight excluding hydrogens is 218 g/mol. The van der Waals surface area contributed by atoms with Gasteiger partial charge in [0.2, 0.25) is 0 Å². The fourth-order valence-corrected chi connectivity index (χ4v) is 2.12. The van der Waals surface area contributed by atoms with Crippen molar-refractivity contribution in [1.29, 1.82) is 0 Å². The zero-order valence-corrected chi connectivity index (χ0v) is 9.80. The van der Waals surface area contributed by atoms with Crippen molar-refractivity contribution in [3.8, 4) is 5.75 Å². The zero-order valence-electron chi connectivity index (χ0n) is 9.80. The summed E-state index contributed by atoms with van der Waals surface area (Å²) in [5, 5.41) is 4.48. The number of aromatic nitrogens is 3. The van der Waals surface area contributed by atoms with Crippen molar-refractivity contribution >= 4 is 5.65 Å². The quantitative estimate of drug-likeness (QED) is 0.791. The average molecular weight is 233 g/mol. The lowest BCUT2D eigenvalue weighted by Crippen LogP contribution is -2.16. The van der Waals surface area contributed by atoms with Crippen molar-refractivity contribution in [1.82, 2.24) is 14.6 Å². The highest BCUT2D eigenvalue weighted by atomic mass is 16.5. The van der Waals surface area contributed by atoms with Crippen LogP contribution in [-0.4, -0.2) is 34.9 Å². The van der Waals surface area contributed by atoms with Gasteiger partial charge in [-0.2, -0.15) is 5.10 Å². The minimum Gasteiger partial charge on any atom is -0.497 e. The Bertz CT molecular complexity index is 517. The highest BCUT2D eigenvalue weighted by molar-refractivity contribution is 5.43. The molecule has 0 bridgehead atoms. The van der Waals surface area contributed by atoms with E-state index in [0.29, 0.717) is 5.92 Å². The molecule has 0 saturated carbocycles. The Hall–Kier alpha value is -1.62. The number of nitrogens with zero attached hydrogens (tertiary/aromatic N) is 3. The van der Waals surface area contributed by atoms with Crippen LogP contribution in [-0.2, 0) is 4.74 Å². The second-order valence-corrected chi connectivity index (χ2v) is 4.25. The molecule has 0 radical (unpaired) electrons. The molecule has 0 amide bonds. The number of rotatable bonds is 2. The third-order valence-corrected chi connectivity index (χ3v) is 3.09. The minimum absolute atomic E-state index is 0.328. The second-order valence-electron chi connectivity index (χ2n) is 4.25. The van der Waals surface area contributed by atoms with Gasteiger partial charge in [-0.1, -0.05) is 0 Å². The number of methoxy groups -OCH3 is 1. The average Bonchev–Trinajstić information content (AvgIpc) is 2.82. The molecule has 2 aromatic heterocycles. The first kappa shape index (κ1) is 10.5. The van der Waals surface area contributed by atoms with Gasteiger partial charge >= 0.3 is 0 Å². The van der Waals surface area contributed by atoms with Crippen LogP contribution in [0.25, 0.3) is 5.65 Å². The van der Waals surface area contributed by atoms with E-state index in [0.717, 1.165) is 43.3 Å². The molecule has 5 heteroatoms. The monoisotopic (exact) mass is 233 g/mol. The molecule has 3 rings (SSSR count). The number of ether oxygens (including phenoxy) is 2. The second kappa shape index (κ2) is 4.33. The Labute approximate surface area is 99.4 Å². The van der Waals surface area contributed by atoms with Gasteiger partial charge in [-0.25, -0.2) is 9.50 Å². The van der Waals surface area contributed by atoms with E-state index in [1.165, 1.54) is 0 Å². The first-order chi connectivity index (χ1) is 8.36. The fourth-order valence-electron chi connectivity index (χ4n) is 2.12. The van der Waals surface area contributed by atoms with Crippen LogP contribution in [0.1, 0.15) is 24.6 Å². The van der Waals surface area contributed by atoms with E-state index >= 15 is 0 Å². The molecule has 1 aliphatic rings. The van der Waals surface area contributed by atoms with Crippen LogP contribution in [0.4, 0.5) is 0 Å². The summed E-state index contributed by atoms with van der Waals surface area (Å²) in [6, 6.07) is 3.77. The Kier molecular flexibility index (Phi) is 2.68. The van der Waals surface area contributed by atoms with Gasteiger partial charge < -0.3 is 9.47 Å². The molecule has 5 nitrogen and oxygen atoms in total. The highest BCUT2D eigenvalue weighted by Crippen LogP contribution is 2.23. The summed E-state index contributed by atoms with van der Waals surface area (Å²) in [4.78, 5) is 4.54. The van der Waals surface area contributed by atoms with E-state index in [9.17, 15) is 0 Å². The Balaban J connectivity index is 1.95. The summed E-state index contributed by atoms with van der Waals surface area (Å²) in [6.45, 7) is 1.59. The molecule has 1 fully saturated rings. The van der Waals surface area contributed by atoms with Crippen molar-refractivity contribution in [3.05, 3.63) is 24.2 Å². The van der Waals surface area contributed by atoms with Crippen LogP contribution < -0.4 is 4.74 Å². The molecule has 0 aliphatic carbocycles. The van der Waals surface area contributed by atoms with E-state index in [4.69, 9.17) is 9.47 Å². The molecule has 17 heavy (non-hydrogen) atoms. The Morgan fingerprint density at radius 3 is 3.24 bits per heavy atom. The molecule has 90 valence electrons. The largest absolute Gasteiger partial charge is 0.497 e. The molecule has 3 heterocycles. The van der Waals surface area contributed by atoms with Crippen LogP contribution in [0.2, 0.25) is 0 Å². The van der Waals surface area contributed by atoms with Crippen molar-refractivity contribution in [2.24, 2.45) is 0 Å². The number of fused-ring (bicyclic) bond motifs is 1. The van der Waals surface area contributed by atoms with Crippen molar-refractivity contribution in [2.75, 3.05) is 20.3 Å². The first-order valence-corrected chi connectivity index (χ1v) is 5.85. The summed E-state index contributed by atoms with van der Waals surface area (Å²) < 4.78 is 12.4. The predicted molar refractivity (Wildman–Crippen MR) is 62.3 cm³/mol. The minimum atomic E-state index is 0.328. The molecule has 1 unspecified atom stereocenters. The van der Waals surface area contributed by atoms with E-state index in [2.05, 4.69) is 10.1 Å². The molecule has 0 aromatic carbocycles. The zero-order chi connectivity index (χ0) is 11.7. The maximum atomic E-state index is 5.46. The standard InChI is InChI=1S/C12H15N3O2/c1-16-10-4-5-15-11(7-10)13-12(14-15)9-3-2-6-17-8-9/h4-5,7,9H,2-3,6,8H2,1H3. The van der Waals surface area contributed by atoms with Gasteiger partial charge in [0.25, 0.3) is 0 Å². The van der Waals surface area contributed by atoms with Gasteiger partial charge in [0.05, 0.1) is 13.7 Å². The third-order valence-electron chi connectivity index (χ3n) is 3.09. The summed E-state index contributed by atoms with van der Waals surface area (Å²) in [6.07, 6.45) is 4.06. The number of hydrogen-bond acceptors (Lipinski definition) is 4. The van der Waals surface area contributed by atoms with Crippen molar-refractivity contribution < 1.29 is 9.47 Å². The molecule has 1 atom stereocenters. The predicted octanol–water partition coefficient (Wildman–Crippen LogP) is 1.63. The Morgan fingerprint density at radius 1 is 1.53 bits per heavy atom. The molecule has 0 N–H and O–H groups in total. The van der Waals surface area contributed by atoms with Gasteiger partial charge in [0.1, 0.15) is 5.75 Å². The van der Waals surface area contributed by atoms with Gasteiger partial charge in [-0.3, -0.25) is 0 Å². The maximum absolute atomic E-state index is 5.46. The summed E-state index contributed by atoms with van der Waals surface area (Å²) >= 11 is 0.